The van der Waals surface area contributed by atoms with Crippen LogP contribution < -0.4 is 0 Å². The number of fused-ring (bicyclic) bond motifs is 1. The zero-order valence-corrected chi connectivity index (χ0v) is 11.7. The second-order valence-electron chi connectivity index (χ2n) is 5.19. The minimum atomic E-state index is -0.989. The fraction of sp³-hybridized carbons (Fsp3) is 0.333. The first-order chi connectivity index (χ1) is 10.6. The average molecular weight is 302 g/mol. The predicted octanol–water partition coefficient (Wildman–Crippen LogP) is -0.207. The van der Waals surface area contributed by atoms with Crippen LogP contribution in [0.3, 0.4) is 0 Å². The summed E-state index contributed by atoms with van der Waals surface area (Å²) >= 11 is 0. The highest BCUT2D eigenvalue weighted by Crippen LogP contribution is 2.28. The fourth-order valence-electron chi connectivity index (χ4n) is 2.89. The third-order valence-electron chi connectivity index (χ3n) is 3.94. The van der Waals surface area contributed by atoms with Crippen LogP contribution in [0, 0.1) is 0 Å². The molecule has 1 fully saturated rings. The molecular formula is C15H14N2O5. The van der Waals surface area contributed by atoms with Crippen LogP contribution in [-0.4, -0.2) is 57.7 Å². The van der Waals surface area contributed by atoms with E-state index in [1.54, 1.807) is 24.3 Å². The summed E-state index contributed by atoms with van der Waals surface area (Å²) in [5.41, 5.74) is 0.539. The van der Waals surface area contributed by atoms with E-state index in [1.807, 2.05) is 0 Å². The molecule has 0 bridgehead atoms. The molecule has 0 aliphatic carbocycles. The Balaban J connectivity index is 1.92. The van der Waals surface area contributed by atoms with Crippen molar-refractivity contribution in [3.05, 3.63) is 35.4 Å². The molecule has 7 nitrogen and oxygen atoms in total. The van der Waals surface area contributed by atoms with E-state index in [1.165, 1.54) is 0 Å². The number of amides is 4. The van der Waals surface area contributed by atoms with Crippen molar-refractivity contribution in [1.82, 2.24) is 9.80 Å². The summed E-state index contributed by atoms with van der Waals surface area (Å²) in [7, 11) is 0. The molecule has 0 aromatic heterocycles. The van der Waals surface area contributed by atoms with Crippen LogP contribution >= 0.6 is 0 Å². The van der Waals surface area contributed by atoms with Gasteiger partial charge in [0.05, 0.1) is 24.3 Å². The van der Waals surface area contributed by atoms with Gasteiger partial charge in [0.25, 0.3) is 17.7 Å². The van der Waals surface area contributed by atoms with Crippen molar-refractivity contribution in [3.8, 4) is 0 Å². The van der Waals surface area contributed by atoms with Crippen LogP contribution in [0.15, 0.2) is 24.3 Å². The number of hydrogen-bond acceptors (Lipinski definition) is 5. The Kier molecular flexibility index (Phi) is 3.50. The van der Waals surface area contributed by atoms with Crippen LogP contribution in [0.5, 0.6) is 0 Å². The molecule has 1 aromatic carbocycles. The lowest BCUT2D eigenvalue weighted by Crippen LogP contribution is -2.56. The minimum Gasteiger partial charge on any atom is -0.395 e. The summed E-state index contributed by atoms with van der Waals surface area (Å²) in [5.74, 6) is -2.04. The van der Waals surface area contributed by atoms with E-state index in [-0.39, 0.29) is 37.1 Å². The maximum absolute atomic E-state index is 12.4. The molecule has 2 heterocycles. The largest absolute Gasteiger partial charge is 0.395 e. The van der Waals surface area contributed by atoms with E-state index in [4.69, 9.17) is 5.11 Å². The molecule has 1 N–H and O–H groups in total. The Morgan fingerprint density at radius 2 is 1.64 bits per heavy atom. The standard InChI is InChI=1S/C15H14N2O5/c18-8-7-16-12(19)6-5-11(15(16)22)17-13(20)9-3-1-2-4-10(9)14(17)21/h1-4,11,18H,5-8H2/t11-/m0/s1. The first kappa shape index (κ1) is 14.4. The van der Waals surface area contributed by atoms with Gasteiger partial charge >= 0.3 is 0 Å². The van der Waals surface area contributed by atoms with Gasteiger partial charge in [0.1, 0.15) is 6.04 Å². The Labute approximate surface area is 126 Å². The van der Waals surface area contributed by atoms with Crippen LogP contribution in [0.25, 0.3) is 0 Å². The number of likely N-dealkylation sites (tertiary alicyclic amines) is 1. The Morgan fingerprint density at radius 3 is 2.18 bits per heavy atom. The molecule has 2 aliphatic heterocycles. The highest BCUT2D eigenvalue weighted by molar-refractivity contribution is 6.23. The summed E-state index contributed by atoms with van der Waals surface area (Å²) in [5, 5.41) is 8.96. The van der Waals surface area contributed by atoms with Crippen molar-refractivity contribution in [3.63, 3.8) is 0 Å². The van der Waals surface area contributed by atoms with E-state index in [0.717, 1.165) is 9.80 Å². The number of nitrogens with zero attached hydrogens (tertiary/aromatic N) is 2. The molecule has 22 heavy (non-hydrogen) atoms. The van der Waals surface area contributed by atoms with Gasteiger partial charge in [-0.3, -0.25) is 29.0 Å². The number of hydrogen-bond donors (Lipinski definition) is 1. The smallest absolute Gasteiger partial charge is 0.262 e. The van der Waals surface area contributed by atoms with Crippen LogP contribution in [0.2, 0.25) is 0 Å². The van der Waals surface area contributed by atoms with E-state index < -0.39 is 29.7 Å². The van der Waals surface area contributed by atoms with Crippen molar-refractivity contribution in [2.45, 2.75) is 18.9 Å². The Morgan fingerprint density at radius 1 is 1.05 bits per heavy atom. The topological polar surface area (TPSA) is 95.0 Å². The average Bonchev–Trinajstić information content (AvgIpc) is 2.77. The van der Waals surface area contributed by atoms with E-state index in [2.05, 4.69) is 0 Å². The fourth-order valence-corrected chi connectivity index (χ4v) is 2.89. The number of carbonyl (C=O) groups is 4. The summed E-state index contributed by atoms with van der Waals surface area (Å²) in [6.07, 6.45) is 0.175. The predicted molar refractivity (Wildman–Crippen MR) is 73.8 cm³/mol. The van der Waals surface area contributed by atoms with Gasteiger partial charge in [0, 0.05) is 6.42 Å². The maximum Gasteiger partial charge on any atom is 0.262 e. The van der Waals surface area contributed by atoms with Gasteiger partial charge < -0.3 is 5.11 Å². The number of piperidine rings is 1. The number of aliphatic hydroxyl groups excluding tert-OH is 1. The monoisotopic (exact) mass is 302 g/mol. The van der Waals surface area contributed by atoms with E-state index in [0.29, 0.717) is 0 Å². The van der Waals surface area contributed by atoms with Gasteiger partial charge in [-0.25, -0.2) is 0 Å². The van der Waals surface area contributed by atoms with Crippen LogP contribution in [0.1, 0.15) is 33.6 Å². The molecule has 3 rings (SSSR count). The molecule has 7 heteroatoms. The minimum absolute atomic E-state index is 0.0593. The summed E-state index contributed by atoms with van der Waals surface area (Å²) < 4.78 is 0. The van der Waals surface area contributed by atoms with Crippen molar-refractivity contribution < 1.29 is 24.3 Å². The van der Waals surface area contributed by atoms with Gasteiger partial charge in [0.2, 0.25) is 5.91 Å². The van der Waals surface area contributed by atoms with Gasteiger partial charge in [-0.1, -0.05) is 12.1 Å². The maximum atomic E-state index is 12.4. The van der Waals surface area contributed by atoms with Crippen LogP contribution in [0.4, 0.5) is 0 Å². The molecule has 0 unspecified atom stereocenters. The molecule has 114 valence electrons. The number of carbonyl (C=O) groups excluding carboxylic acids is 4. The normalized spacial score (nSPS) is 21.6. The van der Waals surface area contributed by atoms with Crippen LogP contribution in [-0.2, 0) is 9.59 Å². The molecule has 1 atom stereocenters. The quantitative estimate of drug-likeness (QED) is 0.780. The second kappa shape index (κ2) is 5.34. The number of imide groups is 2. The lowest BCUT2D eigenvalue weighted by Gasteiger charge is -2.34. The third kappa shape index (κ3) is 2.01. The number of benzene rings is 1. The highest BCUT2D eigenvalue weighted by Gasteiger charge is 2.46. The molecule has 0 saturated carbocycles. The van der Waals surface area contributed by atoms with Crippen molar-refractivity contribution in [2.24, 2.45) is 0 Å². The lowest BCUT2D eigenvalue weighted by atomic mass is 10.0. The van der Waals surface area contributed by atoms with Gasteiger partial charge in [-0.05, 0) is 18.6 Å². The van der Waals surface area contributed by atoms with Gasteiger partial charge in [-0.2, -0.15) is 0 Å². The summed E-state index contributed by atoms with van der Waals surface area (Å²) in [6, 6.07) is 5.39. The molecular weight excluding hydrogens is 288 g/mol. The van der Waals surface area contributed by atoms with Crippen molar-refractivity contribution in [1.29, 1.82) is 0 Å². The molecule has 4 amide bonds. The molecule has 0 spiro atoms. The SMILES string of the molecule is O=C1CC[C@H](N2C(=O)c3ccccc3C2=O)C(=O)N1CCO. The summed E-state index contributed by atoms with van der Waals surface area (Å²) in [6.45, 7) is -0.482. The van der Waals surface area contributed by atoms with Gasteiger partial charge in [-0.15, -0.1) is 0 Å². The third-order valence-corrected chi connectivity index (χ3v) is 3.94. The number of rotatable bonds is 3. The second-order valence-corrected chi connectivity index (χ2v) is 5.19. The highest BCUT2D eigenvalue weighted by atomic mass is 16.3. The molecule has 0 radical (unpaired) electrons. The Bertz CT molecular complexity index is 649. The first-order valence-corrected chi connectivity index (χ1v) is 6.98. The number of aliphatic hydroxyl groups is 1. The molecule has 1 aromatic rings. The van der Waals surface area contributed by atoms with Crippen molar-refractivity contribution >= 4 is 23.6 Å². The van der Waals surface area contributed by atoms with Crippen molar-refractivity contribution in [2.75, 3.05) is 13.2 Å². The molecule has 2 aliphatic rings. The first-order valence-electron chi connectivity index (χ1n) is 6.98. The van der Waals surface area contributed by atoms with E-state index in [9.17, 15) is 19.2 Å². The zero-order valence-electron chi connectivity index (χ0n) is 11.7. The molecule has 1 saturated heterocycles. The number of β-amino-alcohol motifs (C(OH)–C–C–N with tert-alkyl or cyclic N) is 1. The summed E-state index contributed by atoms with van der Waals surface area (Å²) in [4.78, 5) is 50.8. The zero-order chi connectivity index (χ0) is 15.9. The van der Waals surface area contributed by atoms with Gasteiger partial charge in [0.15, 0.2) is 0 Å². The Hall–Kier alpha value is -2.54. The van der Waals surface area contributed by atoms with E-state index >= 15 is 0 Å². The lowest BCUT2D eigenvalue weighted by molar-refractivity contribution is -0.152.